The van der Waals surface area contributed by atoms with Crippen molar-refractivity contribution >= 4 is 16.7 Å². The van der Waals surface area contributed by atoms with E-state index in [-0.39, 0.29) is 12.0 Å². The fourth-order valence-corrected chi connectivity index (χ4v) is 3.27. The first-order valence-corrected chi connectivity index (χ1v) is 9.09. The number of carbonyl (C=O) groups excluding carboxylic acids is 1. The molecule has 3 aromatic rings. The Hall–Kier alpha value is -2.99. The van der Waals surface area contributed by atoms with Gasteiger partial charge in [-0.25, -0.2) is 4.98 Å². The third-order valence-corrected chi connectivity index (χ3v) is 4.62. The average molecular weight is 363 g/mol. The number of rotatable bonds is 4. The van der Waals surface area contributed by atoms with Crippen LogP contribution in [0.5, 0.6) is 5.88 Å². The average Bonchev–Trinajstić information content (AvgIpc) is 2.73. The van der Waals surface area contributed by atoms with Crippen molar-refractivity contribution in [2.45, 2.75) is 13.0 Å². The van der Waals surface area contributed by atoms with Crippen LogP contribution >= 0.6 is 0 Å². The zero-order chi connectivity index (χ0) is 18.6. The molecule has 27 heavy (non-hydrogen) atoms. The molecule has 0 spiro atoms. The molecule has 0 radical (unpaired) electrons. The number of hydrogen-bond acceptors (Lipinski definition) is 5. The van der Waals surface area contributed by atoms with Crippen LogP contribution in [0.2, 0.25) is 0 Å². The molecule has 1 aliphatic rings. The summed E-state index contributed by atoms with van der Waals surface area (Å²) in [5, 5.41) is 2.20. The Morgan fingerprint density at radius 2 is 2.07 bits per heavy atom. The number of aromatic nitrogens is 2. The zero-order valence-corrected chi connectivity index (χ0v) is 15.2. The Balaban J connectivity index is 1.56. The molecule has 4 rings (SSSR count). The molecule has 1 amide bonds. The van der Waals surface area contributed by atoms with Gasteiger partial charge in [0.15, 0.2) is 0 Å². The van der Waals surface area contributed by atoms with Gasteiger partial charge in [-0.05, 0) is 30.5 Å². The maximum absolute atomic E-state index is 13.0. The predicted octanol–water partition coefficient (Wildman–Crippen LogP) is 3.24. The van der Waals surface area contributed by atoms with E-state index in [0.29, 0.717) is 37.7 Å². The standard InChI is InChI=1S/C21H21N3O3/c1-2-26-20-17(8-5-9-22-20)21(25)24-10-11-27-19(14-24)18-12-15-6-3-4-7-16(15)13-23-18/h3-9,12-13,19H,2,10-11,14H2,1H3. The van der Waals surface area contributed by atoms with Crippen LogP contribution in [0.1, 0.15) is 29.1 Å². The summed E-state index contributed by atoms with van der Waals surface area (Å²) in [4.78, 5) is 23.5. The second-order valence-electron chi connectivity index (χ2n) is 6.36. The minimum atomic E-state index is -0.250. The summed E-state index contributed by atoms with van der Waals surface area (Å²) in [7, 11) is 0. The maximum Gasteiger partial charge on any atom is 0.259 e. The van der Waals surface area contributed by atoms with Crippen molar-refractivity contribution in [3.8, 4) is 5.88 Å². The van der Waals surface area contributed by atoms with Crippen LogP contribution in [-0.4, -0.2) is 47.1 Å². The number of nitrogens with zero attached hydrogens (tertiary/aromatic N) is 3. The first kappa shape index (κ1) is 17.4. The van der Waals surface area contributed by atoms with Crippen LogP contribution in [0, 0.1) is 0 Å². The fraction of sp³-hybridized carbons (Fsp3) is 0.286. The Morgan fingerprint density at radius 3 is 2.93 bits per heavy atom. The quantitative estimate of drug-likeness (QED) is 0.712. The lowest BCUT2D eigenvalue weighted by Gasteiger charge is -2.33. The van der Waals surface area contributed by atoms with Gasteiger partial charge in [-0.15, -0.1) is 0 Å². The second kappa shape index (κ2) is 7.72. The van der Waals surface area contributed by atoms with E-state index in [1.54, 1.807) is 23.2 Å². The Bertz CT molecular complexity index is 960. The molecule has 1 atom stereocenters. The molecular weight excluding hydrogens is 342 g/mol. The minimum absolute atomic E-state index is 0.0966. The molecule has 0 saturated carbocycles. The number of amides is 1. The van der Waals surface area contributed by atoms with Crippen molar-refractivity contribution < 1.29 is 14.3 Å². The first-order chi connectivity index (χ1) is 13.3. The van der Waals surface area contributed by atoms with E-state index in [2.05, 4.69) is 16.0 Å². The summed E-state index contributed by atoms with van der Waals surface area (Å²) < 4.78 is 11.4. The molecule has 1 aliphatic heterocycles. The molecule has 1 fully saturated rings. The normalized spacial score (nSPS) is 17.1. The smallest absolute Gasteiger partial charge is 0.259 e. The van der Waals surface area contributed by atoms with Crippen molar-refractivity contribution in [1.29, 1.82) is 0 Å². The van der Waals surface area contributed by atoms with Gasteiger partial charge in [0.05, 0.1) is 25.5 Å². The number of hydrogen-bond donors (Lipinski definition) is 0. The molecule has 6 nitrogen and oxygen atoms in total. The van der Waals surface area contributed by atoms with Crippen LogP contribution in [0.25, 0.3) is 10.8 Å². The molecule has 1 aromatic carbocycles. The Kier molecular flexibility index (Phi) is 4.98. The topological polar surface area (TPSA) is 64.5 Å². The van der Waals surface area contributed by atoms with Gasteiger partial charge < -0.3 is 14.4 Å². The number of morpholine rings is 1. The number of ether oxygens (including phenoxy) is 2. The first-order valence-electron chi connectivity index (χ1n) is 9.09. The van der Waals surface area contributed by atoms with E-state index in [1.807, 2.05) is 37.4 Å². The summed E-state index contributed by atoms with van der Waals surface area (Å²) in [6, 6.07) is 13.6. The van der Waals surface area contributed by atoms with Gasteiger partial charge in [0, 0.05) is 24.3 Å². The van der Waals surface area contributed by atoms with Gasteiger partial charge >= 0.3 is 0 Å². The van der Waals surface area contributed by atoms with E-state index in [4.69, 9.17) is 9.47 Å². The zero-order valence-electron chi connectivity index (χ0n) is 15.2. The largest absolute Gasteiger partial charge is 0.477 e. The molecule has 0 aliphatic carbocycles. The van der Waals surface area contributed by atoms with E-state index in [0.717, 1.165) is 16.5 Å². The molecule has 1 saturated heterocycles. The third-order valence-electron chi connectivity index (χ3n) is 4.62. The predicted molar refractivity (Wildman–Crippen MR) is 102 cm³/mol. The van der Waals surface area contributed by atoms with Crippen molar-refractivity contribution in [3.63, 3.8) is 0 Å². The molecular formula is C21H21N3O3. The Labute approximate surface area is 157 Å². The Morgan fingerprint density at radius 1 is 1.22 bits per heavy atom. The highest BCUT2D eigenvalue weighted by Crippen LogP contribution is 2.26. The lowest BCUT2D eigenvalue weighted by molar-refractivity contribution is -0.0247. The highest BCUT2D eigenvalue weighted by molar-refractivity contribution is 5.96. The highest BCUT2D eigenvalue weighted by atomic mass is 16.5. The van der Waals surface area contributed by atoms with Gasteiger partial charge in [-0.1, -0.05) is 24.3 Å². The fourth-order valence-electron chi connectivity index (χ4n) is 3.27. The van der Waals surface area contributed by atoms with Crippen LogP contribution < -0.4 is 4.74 Å². The summed E-state index contributed by atoms with van der Waals surface area (Å²) in [5.74, 6) is 0.275. The van der Waals surface area contributed by atoms with Crippen LogP contribution in [-0.2, 0) is 4.74 Å². The van der Waals surface area contributed by atoms with Gasteiger partial charge in [0.25, 0.3) is 5.91 Å². The molecule has 0 N–H and O–H groups in total. The number of pyridine rings is 2. The monoisotopic (exact) mass is 363 g/mol. The molecule has 1 unspecified atom stereocenters. The van der Waals surface area contributed by atoms with Crippen molar-refractivity contribution in [2.75, 3.05) is 26.3 Å². The second-order valence-corrected chi connectivity index (χ2v) is 6.36. The molecule has 138 valence electrons. The van der Waals surface area contributed by atoms with Gasteiger partial charge in [-0.2, -0.15) is 0 Å². The minimum Gasteiger partial charge on any atom is -0.477 e. The number of benzene rings is 1. The van der Waals surface area contributed by atoms with Crippen LogP contribution in [0.4, 0.5) is 0 Å². The van der Waals surface area contributed by atoms with Crippen LogP contribution in [0.3, 0.4) is 0 Å². The summed E-state index contributed by atoms with van der Waals surface area (Å²) >= 11 is 0. The molecule has 2 aromatic heterocycles. The van der Waals surface area contributed by atoms with Crippen LogP contribution in [0.15, 0.2) is 54.9 Å². The van der Waals surface area contributed by atoms with Crippen molar-refractivity contribution in [2.24, 2.45) is 0 Å². The van der Waals surface area contributed by atoms with Gasteiger partial charge in [0.2, 0.25) is 5.88 Å². The molecule has 6 heteroatoms. The molecule has 3 heterocycles. The summed E-state index contributed by atoms with van der Waals surface area (Å²) in [6.07, 6.45) is 3.23. The number of fused-ring (bicyclic) bond motifs is 1. The lowest BCUT2D eigenvalue weighted by atomic mass is 10.1. The van der Waals surface area contributed by atoms with E-state index in [9.17, 15) is 4.79 Å². The van der Waals surface area contributed by atoms with Crippen molar-refractivity contribution in [3.05, 3.63) is 66.1 Å². The van der Waals surface area contributed by atoms with E-state index < -0.39 is 0 Å². The SMILES string of the molecule is CCOc1ncccc1C(=O)N1CCOC(c2cc3ccccc3cn2)C1. The van der Waals surface area contributed by atoms with E-state index in [1.165, 1.54) is 0 Å². The van der Waals surface area contributed by atoms with Gasteiger partial charge in [0.1, 0.15) is 11.7 Å². The molecule has 0 bridgehead atoms. The van der Waals surface area contributed by atoms with E-state index >= 15 is 0 Å². The highest BCUT2D eigenvalue weighted by Gasteiger charge is 2.28. The summed E-state index contributed by atoms with van der Waals surface area (Å²) in [5.41, 5.74) is 1.31. The van der Waals surface area contributed by atoms with Gasteiger partial charge in [-0.3, -0.25) is 9.78 Å². The lowest BCUT2D eigenvalue weighted by Crippen LogP contribution is -2.42. The maximum atomic E-state index is 13.0. The summed E-state index contributed by atoms with van der Waals surface area (Å²) in [6.45, 7) is 3.78. The number of carbonyl (C=O) groups is 1. The van der Waals surface area contributed by atoms with Crippen molar-refractivity contribution in [1.82, 2.24) is 14.9 Å². The third kappa shape index (κ3) is 3.61.